The summed E-state index contributed by atoms with van der Waals surface area (Å²) in [6, 6.07) is -0.108. The standard InChI is InChI=1S/C22H38N2O5/c1-15(2)20(25)23-19(12-24-10-6-17(7-11-24)21(26)27)16(3)28-13-22-8-4-18(5-9-22)29-14-22/h15-19H,4-14H2,1-3H3,(H,23,25)(H,26,27)/t16-,18?,19-,22?/m1/s1. The van der Waals surface area contributed by atoms with E-state index in [9.17, 15) is 14.7 Å². The Bertz CT molecular complexity index is 552. The Hall–Kier alpha value is -1.18. The predicted octanol–water partition coefficient (Wildman–Crippen LogP) is 2.29. The second-order valence-electron chi connectivity index (χ2n) is 9.71. The van der Waals surface area contributed by atoms with E-state index in [0.29, 0.717) is 32.1 Å². The van der Waals surface area contributed by atoms with Crippen LogP contribution >= 0.6 is 0 Å². The zero-order valence-corrected chi connectivity index (χ0v) is 18.2. The molecule has 2 bridgehead atoms. The molecule has 1 saturated carbocycles. The molecule has 3 aliphatic heterocycles. The van der Waals surface area contributed by atoms with Gasteiger partial charge in [-0.2, -0.15) is 0 Å². The molecule has 0 aromatic heterocycles. The normalized spacial score (nSPS) is 30.3. The lowest BCUT2D eigenvalue weighted by Crippen LogP contribution is -2.54. The molecule has 4 fully saturated rings. The molecule has 7 heteroatoms. The van der Waals surface area contributed by atoms with Crippen molar-refractivity contribution in [1.82, 2.24) is 10.2 Å². The van der Waals surface area contributed by atoms with Gasteiger partial charge in [-0.1, -0.05) is 13.8 Å². The summed E-state index contributed by atoms with van der Waals surface area (Å²) in [7, 11) is 0. The number of nitrogens with zero attached hydrogens (tertiary/aromatic N) is 1. The van der Waals surface area contributed by atoms with Crippen LogP contribution in [0.5, 0.6) is 0 Å². The van der Waals surface area contributed by atoms with Crippen molar-refractivity contribution in [1.29, 1.82) is 0 Å². The summed E-state index contributed by atoms with van der Waals surface area (Å²) in [6.07, 6.45) is 6.25. The van der Waals surface area contributed by atoms with E-state index >= 15 is 0 Å². The van der Waals surface area contributed by atoms with Crippen LogP contribution in [-0.4, -0.2) is 73.0 Å². The number of fused-ring (bicyclic) bond motifs is 3. The third kappa shape index (κ3) is 5.92. The van der Waals surface area contributed by atoms with Gasteiger partial charge in [-0.15, -0.1) is 0 Å². The SMILES string of the molecule is CC(C)C(=O)N[C@H](CN1CCC(C(=O)O)CC1)[C@@H](C)OCC12CCC(CC1)OC2. The van der Waals surface area contributed by atoms with Crippen molar-refractivity contribution in [3.63, 3.8) is 0 Å². The summed E-state index contributed by atoms with van der Waals surface area (Å²) in [6.45, 7) is 9.48. The molecular weight excluding hydrogens is 372 g/mol. The smallest absolute Gasteiger partial charge is 0.306 e. The molecule has 0 aromatic carbocycles. The molecule has 0 spiro atoms. The maximum absolute atomic E-state index is 12.4. The van der Waals surface area contributed by atoms with Crippen molar-refractivity contribution < 1.29 is 24.2 Å². The lowest BCUT2D eigenvalue weighted by molar-refractivity contribution is -0.152. The van der Waals surface area contributed by atoms with Gasteiger partial charge < -0.3 is 24.8 Å². The van der Waals surface area contributed by atoms with Crippen molar-refractivity contribution in [2.75, 3.05) is 32.8 Å². The lowest BCUT2D eigenvalue weighted by Gasteiger charge is -2.46. The number of hydrogen-bond acceptors (Lipinski definition) is 5. The quantitative estimate of drug-likeness (QED) is 0.606. The van der Waals surface area contributed by atoms with Crippen molar-refractivity contribution in [3.8, 4) is 0 Å². The maximum atomic E-state index is 12.4. The van der Waals surface area contributed by atoms with Gasteiger partial charge in [-0.05, 0) is 58.5 Å². The van der Waals surface area contributed by atoms with Gasteiger partial charge in [-0.3, -0.25) is 9.59 Å². The number of nitrogens with one attached hydrogen (secondary N) is 1. The number of hydrogen-bond donors (Lipinski definition) is 2. The van der Waals surface area contributed by atoms with Gasteiger partial charge in [-0.25, -0.2) is 0 Å². The lowest BCUT2D eigenvalue weighted by atomic mass is 9.72. The van der Waals surface area contributed by atoms with Gasteiger partial charge in [0.2, 0.25) is 5.91 Å². The van der Waals surface area contributed by atoms with Gasteiger partial charge in [0.25, 0.3) is 0 Å². The van der Waals surface area contributed by atoms with Crippen LogP contribution in [-0.2, 0) is 19.1 Å². The van der Waals surface area contributed by atoms with E-state index in [1.807, 2.05) is 20.8 Å². The highest BCUT2D eigenvalue weighted by Crippen LogP contribution is 2.43. The molecule has 0 radical (unpaired) electrons. The van der Waals surface area contributed by atoms with Gasteiger partial charge in [0.05, 0.1) is 37.4 Å². The summed E-state index contributed by atoms with van der Waals surface area (Å²) in [5, 5.41) is 12.4. The average Bonchev–Trinajstić information content (AvgIpc) is 2.73. The number of likely N-dealkylation sites (tertiary alicyclic amines) is 1. The van der Waals surface area contributed by atoms with E-state index in [0.717, 1.165) is 45.4 Å². The maximum Gasteiger partial charge on any atom is 0.306 e. The summed E-state index contributed by atoms with van der Waals surface area (Å²) in [5.74, 6) is -0.993. The summed E-state index contributed by atoms with van der Waals surface area (Å²) in [4.78, 5) is 25.9. The highest BCUT2D eigenvalue weighted by Gasteiger charge is 2.42. The van der Waals surface area contributed by atoms with Crippen LogP contribution in [0.1, 0.15) is 59.3 Å². The average molecular weight is 411 g/mol. The van der Waals surface area contributed by atoms with Crippen LogP contribution < -0.4 is 5.32 Å². The van der Waals surface area contributed by atoms with E-state index < -0.39 is 5.97 Å². The number of piperidine rings is 1. The monoisotopic (exact) mass is 410 g/mol. The van der Waals surface area contributed by atoms with Crippen molar-refractivity contribution in [2.24, 2.45) is 17.3 Å². The Morgan fingerprint density at radius 3 is 2.34 bits per heavy atom. The Morgan fingerprint density at radius 1 is 1.17 bits per heavy atom. The predicted molar refractivity (Wildman–Crippen MR) is 110 cm³/mol. The second-order valence-corrected chi connectivity index (χ2v) is 9.71. The fourth-order valence-electron chi connectivity index (χ4n) is 4.72. The molecule has 2 atom stereocenters. The fourth-order valence-corrected chi connectivity index (χ4v) is 4.72. The Labute approximate surface area is 174 Å². The van der Waals surface area contributed by atoms with E-state index in [-0.39, 0.29) is 35.3 Å². The number of amides is 1. The summed E-state index contributed by atoms with van der Waals surface area (Å²) < 4.78 is 12.2. The van der Waals surface area contributed by atoms with Crippen LogP contribution in [0, 0.1) is 17.3 Å². The molecular formula is C22H38N2O5. The van der Waals surface area contributed by atoms with Crippen molar-refractivity contribution >= 4 is 11.9 Å². The molecule has 166 valence electrons. The molecule has 4 rings (SSSR count). The number of carboxylic acids is 1. The molecule has 1 aliphatic carbocycles. The number of carbonyl (C=O) groups is 2. The molecule has 1 amide bonds. The van der Waals surface area contributed by atoms with E-state index in [1.165, 1.54) is 0 Å². The highest BCUT2D eigenvalue weighted by molar-refractivity contribution is 5.78. The van der Waals surface area contributed by atoms with Crippen LogP contribution in [0.15, 0.2) is 0 Å². The zero-order chi connectivity index (χ0) is 21.0. The second kappa shape index (κ2) is 9.75. The van der Waals surface area contributed by atoms with Crippen LogP contribution in [0.25, 0.3) is 0 Å². The minimum Gasteiger partial charge on any atom is -0.481 e. The molecule has 3 heterocycles. The molecule has 0 aromatic rings. The van der Waals surface area contributed by atoms with Gasteiger partial charge in [0.1, 0.15) is 0 Å². The fraction of sp³-hybridized carbons (Fsp3) is 0.909. The molecule has 4 aliphatic rings. The number of carbonyl (C=O) groups excluding carboxylic acids is 1. The first-order chi connectivity index (χ1) is 13.8. The minimum absolute atomic E-state index is 0.0329. The topological polar surface area (TPSA) is 88.1 Å². The number of aliphatic carboxylic acids is 1. The van der Waals surface area contributed by atoms with E-state index in [1.54, 1.807) is 0 Å². The third-order valence-electron chi connectivity index (χ3n) is 7.08. The van der Waals surface area contributed by atoms with Crippen molar-refractivity contribution in [3.05, 3.63) is 0 Å². The van der Waals surface area contributed by atoms with E-state index in [2.05, 4.69) is 10.2 Å². The largest absolute Gasteiger partial charge is 0.481 e. The minimum atomic E-state index is -0.699. The molecule has 3 saturated heterocycles. The number of carboxylic acid groups (broad SMARTS) is 1. The third-order valence-corrected chi connectivity index (χ3v) is 7.08. The summed E-state index contributed by atoms with van der Waals surface area (Å²) >= 11 is 0. The highest BCUT2D eigenvalue weighted by atomic mass is 16.5. The number of rotatable bonds is 9. The molecule has 2 N–H and O–H groups in total. The van der Waals surface area contributed by atoms with Gasteiger partial charge in [0.15, 0.2) is 0 Å². The van der Waals surface area contributed by atoms with Crippen LogP contribution in [0.2, 0.25) is 0 Å². The Kier molecular flexibility index (Phi) is 7.57. The molecule has 7 nitrogen and oxygen atoms in total. The van der Waals surface area contributed by atoms with Crippen molar-refractivity contribution in [2.45, 2.75) is 77.5 Å². The first-order valence-corrected chi connectivity index (χ1v) is 11.3. The molecule has 0 unspecified atom stereocenters. The van der Waals surface area contributed by atoms with Gasteiger partial charge in [0, 0.05) is 17.9 Å². The zero-order valence-electron chi connectivity index (χ0n) is 18.2. The molecule has 29 heavy (non-hydrogen) atoms. The Balaban J connectivity index is 1.55. The Morgan fingerprint density at radius 2 is 1.83 bits per heavy atom. The first kappa shape index (κ1) is 22.5. The number of ether oxygens (including phenoxy) is 2. The first-order valence-electron chi connectivity index (χ1n) is 11.3. The van der Waals surface area contributed by atoms with Crippen LogP contribution in [0.3, 0.4) is 0 Å². The van der Waals surface area contributed by atoms with Crippen LogP contribution in [0.4, 0.5) is 0 Å². The van der Waals surface area contributed by atoms with Gasteiger partial charge >= 0.3 is 5.97 Å². The van der Waals surface area contributed by atoms with E-state index in [4.69, 9.17) is 9.47 Å². The summed E-state index contributed by atoms with van der Waals surface area (Å²) in [5.41, 5.74) is 0.134.